The van der Waals surface area contributed by atoms with Crippen LogP contribution in [-0.4, -0.2) is 16.9 Å². The van der Waals surface area contributed by atoms with Gasteiger partial charge in [0.2, 0.25) is 5.91 Å². The molecule has 0 saturated carbocycles. The number of hydrogen-bond acceptors (Lipinski definition) is 3. The van der Waals surface area contributed by atoms with Crippen molar-refractivity contribution in [3.05, 3.63) is 71.7 Å². The maximum absolute atomic E-state index is 13.2. The maximum Gasteiger partial charge on any atom is 0.241 e. The molecule has 0 aliphatic rings. The van der Waals surface area contributed by atoms with Gasteiger partial charge in [0.1, 0.15) is 0 Å². The molecule has 0 aliphatic heterocycles. The topological polar surface area (TPSA) is 68.0 Å². The minimum atomic E-state index is -1.55. The molecule has 0 radical (unpaired) electrons. The molecule has 0 unspecified atom stereocenters. The van der Waals surface area contributed by atoms with E-state index in [9.17, 15) is 18.0 Å². The molecular formula is C18H14F3N3O. The van der Waals surface area contributed by atoms with Gasteiger partial charge in [0, 0.05) is 5.39 Å². The zero-order valence-corrected chi connectivity index (χ0v) is 13.0. The van der Waals surface area contributed by atoms with E-state index in [-0.39, 0.29) is 12.0 Å². The highest BCUT2D eigenvalue weighted by atomic mass is 19.2. The fourth-order valence-electron chi connectivity index (χ4n) is 2.45. The number of amides is 1. The molecule has 0 spiro atoms. The van der Waals surface area contributed by atoms with Crippen LogP contribution >= 0.6 is 0 Å². The number of nitrogens with zero attached hydrogens (tertiary/aromatic N) is 1. The summed E-state index contributed by atoms with van der Waals surface area (Å²) < 4.78 is 39.4. The van der Waals surface area contributed by atoms with Crippen LogP contribution in [0.2, 0.25) is 0 Å². The first-order valence-corrected chi connectivity index (χ1v) is 7.48. The van der Waals surface area contributed by atoms with Crippen molar-refractivity contribution in [2.45, 2.75) is 12.5 Å². The normalized spacial score (nSPS) is 12.2. The van der Waals surface area contributed by atoms with E-state index in [1.807, 2.05) is 24.3 Å². The van der Waals surface area contributed by atoms with Gasteiger partial charge in [-0.2, -0.15) is 0 Å². The molecule has 1 heterocycles. The number of aromatic nitrogens is 1. The fraction of sp³-hybridized carbons (Fsp3) is 0.111. The van der Waals surface area contributed by atoms with Crippen molar-refractivity contribution in [2.75, 3.05) is 5.32 Å². The van der Waals surface area contributed by atoms with Crippen LogP contribution in [0.15, 0.2) is 48.7 Å². The molecule has 1 atom stereocenters. The van der Waals surface area contributed by atoms with Crippen LogP contribution in [0, 0.1) is 17.5 Å². The summed E-state index contributed by atoms with van der Waals surface area (Å²) >= 11 is 0. The molecule has 3 rings (SSSR count). The molecule has 128 valence electrons. The molecule has 7 heteroatoms. The first-order chi connectivity index (χ1) is 11.9. The Morgan fingerprint density at radius 3 is 2.52 bits per heavy atom. The lowest BCUT2D eigenvalue weighted by Gasteiger charge is -2.13. The number of fused-ring (bicyclic) bond motifs is 1. The van der Waals surface area contributed by atoms with Gasteiger partial charge in [0.25, 0.3) is 0 Å². The Labute approximate surface area is 141 Å². The Hall–Kier alpha value is -2.93. The smallest absolute Gasteiger partial charge is 0.241 e. The van der Waals surface area contributed by atoms with Crippen molar-refractivity contribution in [3.63, 3.8) is 0 Å². The molecule has 0 saturated heterocycles. The van der Waals surface area contributed by atoms with Crippen molar-refractivity contribution in [2.24, 2.45) is 5.73 Å². The summed E-state index contributed by atoms with van der Waals surface area (Å²) in [6.45, 7) is 0. The minimum Gasteiger partial charge on any atom is -0.323 e. The number of nitrogens with two attached hydrogens (primary N) is 1. The second kappa shape index (κ2) is 6.90. The molecule has 25 heavy (non-hydrogen) atoms. The van der Waals surface area contributed by atoms with E-state index in [2.05, 4.69) is 10.3 Å². The standard InChI is InChI=1S/C18H14F3N3O/c19-13-5-10(6-14(20)17(13)21)7-15(22)18(25)24-12-8-11-3-1-2-4-16(11)23-9-12/h1-6,8-9,15H,7,22H2,(H,24,25)/t15-/m1/s1. The lowest BCUT2D eigenvalue weighted by Crippen LogP contribution is -2.37. The van der Waals surface area contributed by atoms with Crippen molar-refractivity contribution in [1.82, 2.24) is 4.98 Å². The highest BCUT2D eigenvalue weighted by Gasteiger charge is 2.17. The maximum atomic E-state index is 13.2. The number of nitrogens with one attached hydrogen (secondary N) is 1. The average Bonchev–Trinajstić information content (AvgIpc) is 2.59. The Morgan fingerprint density at radius 2 is 1.80 bits per heavy atom. The van der Waals surface area contributed by atoms with Gasteiger partial charge in [-0.1, -0.05) is 18.2 Å². The molecule has 3 aromatic rings. The van der Waals surface area contributed by atoms with Gasteiger partial charge in [-0.05, 0) is 36.2 Å². The van der Waals surface area contributed by atoms with Crippen molar-refractivity contribution >= 4 is 22.5 Å². The summed E-state index contributed by atoms with van der Waals surface area (Å²) in [5.41, 5.74) is 7.10. The molecular weight excluding hydrogens is 331 g/mol. The first-order valence-electron chi connectivity index (χ1n) is 7.48. The lowest BCUT2D eigenvalue weighted by molar-refractivity contribution is -0.117. The number of carbonyl (C=O) groups excluding carboxylic acids is 1. The van der Waals surface area contributed by atoms with Gasteiger partial charge in [-0.3, -0.25) is 9.78 Å². The van der Waals surface area contributed by atoms with Gasteiger partial charge in [0.15, 0.2) is 17.5 Å². The zero-order valence-electron chi connectivity index (χ0n) is 13.0. The SMILES string of the molecule is N[C@H](Cc1cc(F)c(F)c(F)c1)C(=O)Nc1cnc2ccccc2c1. The van der Waals surface area contributed by atoms with Crippen molar-refractivity contribution in [3.8, 4) is 0 Å². The number of para-hydroxylation sites is 1. The number of hydrogen-bond donors (Lipinski definition) is 2. The van der Waals surface area contributed by atoms with Gasteiger partial charge in [-0.15, -0.1) is 0 Å². The van der Waals surface area contributed by atoms with E-state index >= 15 is 0 Å². The largest absolute Gasteiger partial charge is 0.323 e. The predicted octanol–water partition coefficient (Wildman–Crippen LogP) is 3.16. The fourth-order valence-corrected chi connectivity index (χ4v) is 2.45. The zero-order chi connectivity index (χ0) is 18.0. The van der Waals surface area contributed by atoms with Gasteiger partial charge < -0.3 is 11.1 Å². The third kappa shape index (κ3) is 3.77. The quantitative estimate of drug-likeness (QED) is 0.714. The van der Waals surface area contributed by atoms with E-state index in [1.54, 1.807) is 6.07 Å². The lowest BCUT2D eigenvalue weighted by atomic mass is 10.1. The second-order valence-electron chi connectivity index (χ2n) is 5.59. The van der Waals surface area contributed by atoms with E-state index in [0.717, 1.165) is 23.0 Å². The van der Waals surface area contributed by atoms with Crippen LogP contribution in [0.4, 0.5) is 18.9 Å². The summed E-state index contributed by atoms with van der Waals surface area (Å²) in [5, 5.41) is 3.45. The number of pyridine rings is 1. The first kappa shape index (κ1) is 16.9. The molecule has 1 amide bonds. The van der Waals surface area contributed by atoms with Crippen LogP contribution < -0.4 is 11.1 Å². The van der Waals surface area contributed by atoms with E-state index in [0.29, 0.717) is 5.69 Å². The van der Waals surface area contributed by atoms with Gasteiger partial charge >= 0.3 is 0 Å². The van der Waals surface area contributed by atoms with Crippen LogP contribution in [0.3, 0.4) is 0 Å². The number of carbonyl (C=O) groups is 1. The highest BCUT2D eigenvalue weighted by Crippen LogP contribution is 2.17. The summed E-state index contributed by atoms with van der Waals surface area (Å²) in [6, 6.07) is 9.71. The predicted molar refractivity (Wildman–Crippen MR) is 88.4 cm³/mol. The molecule has 4 nitrogen and oxygen atoms in total. The number of benzene rings is 2. The second-order valence-corrected chi connectivity index (χ2v) is 5.59. The summed E-state index contributed by atoms with van der Waals surface area (Å²) in [4.78, 5) is 16.4. The Bertz CT molecular complexity index is 923. The Kier molecular flexibility index (Phi) is 4.67. The molecule has 1 aromatic heterocycles. The van der Waals surface area contributed by atoms with Crippen molar-refractivity contribution in [1.29, 1.82) is 0 Å². The molecule has 0 bridgehead atoms. The van der Waals surface area contributed by atoms with Crippen LogP contribution in [0.25, 0.3) is 10.9 Å². The van der Waals surface area contributed by atoms with E-state index in [4.69, 9.17) is 5.73 Å². The Balaban J connectivity index is 1.71. The van der Waals surface area contributed by atoms with Crippen molar-refractivity contribution < 1.29 is 18.0 Å². The Morgan fingerprint density at radius 1 is 1.12 bits per heavy atom. The summed E-state index contributed by atoms with van der Waals surface area (Å²) in [5.74, 6) is -4.73. The molecule has 3 N–H and O–H groups in total. The molecule has 2 aromatic carbocycles. The van der Waals surface area contributed by atoms with E-state index < -0.39 is 29.4 Å². The summed E-state index contributed by atoms with van der Waals surface area (Å²) in [6.07, 6.45) is 1.35. The number of rotatable bonds is 4. The summed E-state index contributed by atoms with van der Waals surface area (Å²) in [7, 11) is 0. The van der Waals surface area contributed by atoms with Gasteiger partial charge in [-0.25, -0.2) is 13.2 Å². The van der Waals surface area contributed by atoms with Crippen LogP contribution in [-0.2, 0) is 11.2 Å². The van der Waals surface area contributed by atoms with Crippen LogP contribution in [0.1, 0.15) is 5.56 Å². The van der Waals surface area contributed by atoms with E-state index in [1.165, 1.54) is 6.20 Å². The third-order valence-electron chi connectivity index (χ3n) is 3.69. The number of halogens is 3. The van der Waals surface area contributed by atoms with Gasteiger partial charge in [0.05, 0.1) is 23.4 Å². The monoisotopic (exact) mass is 345 g/mol. The highest BCUT2D eigenvalue weighted by molar-refractivity contribution is 5.96. The third-order valence-corrected chi connectivity index (χ3v) is 3.69. The molecule has 0 aliphatic carbocycles. The average molecular weight is 345 g/mol. The van der Waals surface area contributed by atoms with Crippen LogP contribution in [0.5, 0.6) is 0 Å². The minimum absolute atomic E-state index is 0.0932. The number of anilines is 1. The molecule has 0 fully saturated rings.